The Morgan fingerprint density at radius 2 is 1.76 bits per heavy atom. The maximum Gasteiger partial charge on any atom is 0.315 e. The first-order valence-electron chi connectivity index (χ1n) is 11.5. The summed E-state index contributed by atoms with van der Waals surface area (Å²) < 4.78 is 17.1. The molecule has 2 amide bonds. The number of carbonyl (C=O) groups excluding carboxylic acids is 2. The largest absolute Gasteiger partial charge is 0.486 e. The van der Waals surface area contributed by atoms with Crippen LogP contribution in [0.3, 0.4) is 0 Å². The van der Waals surface area contributed by atoms with Gasteiger partial charge in [0, 0.05) is 20.0 Å². The molecule has 4 rings (SSSR count). The third-order valence-corrected chi connectivity index (χ3v) is 5.82. The smallest absolute Gasteiger partial charge is 0.315 e. The molecule has 2 aromatic rings. The van der Waals surface area contributed by atoms with Crippen LogP contribution in [-0.4, -0.2) is 55.8 Å². The van der Waals surface area contributed by atoms with Gasteiger partial charge in [0.25, 0.3) is 0 Å². The van der Waals surface area contributed by atoms with Gasteiger partial charge in [-0.15, -0.1) is 0 Å². The van der Waals surface area contributed by atoms with Crippen molar-refractivity contribution in [3.8, 4) is 11.5 Å². The Kier molecular flexibility index (Phi) is 7.67. The highest BCUT2D eigenvalue weighted by molar-refractivity contribution is 5.74. The summed E-state index contributed by atoms with van der Waals surface area (Å²) in [6.07, 6.45) is 1.58. The summed E-state index contributed by atoms with van der Waals surface area (Å²) in [5.41, 5.74) is 1.76. The van der Waals surface area contributed by atoms with Gasteiger partial charge in [-0.3, -0.25) is 4.79 Å². The van der Waals surface area contributed by atoms with Crippen LogP contribution in [0.4, 0.5) is 4.79 Å². The maximum atomic E-state index is 12.8. The van der Waals surface area contributed by atoms with E-state index < -0.39 is 18.1 Å². The molecule has 0 spiro atoms. The highest BCUT2D eigenvalue weighted by atomic mass is 16.6. The number of esters is 1. The first-order chi connectivity index (χ1) is 16.1. The van der Waals surface area contributed by atoms with Crippen molar-refractivity contribution < 1.29 is 23.8 Å². The molecule has 2 atom stereocenters. The second-order valence-corrected chi connectivity index (χ2v) is 8.36. The van der Waals surface area contributed by atoms with E-state index in [0.717, 1.165) is 37.1 Å². The van der Waals surface area contributed by atoms with Gasteiger partial charge in [-0.25, -0.2) is 4.79 Å². The lowest BCUT2D eigenvalue weighted by Gasteiger charge is -2.31. The van der Waals surface area contributed by atoms with Gasteiger partial charge in [-0.05, 0) is 49.2 Å². The SMILES string of the molecule is CC(=O)O[C@H](c1ccc2c(c1)OCCO2)[C@@H](CN1CCCC1)NC(=O)NCc1ccccc1. The van der Waals surface area contributed by atoms with E-state index in [1.165, 1.54) is 6.92 Å². The van der Waals surface area contributed by atoms with Crippen LogP contribution in [0.2, 0.25) is 0 Å². The summed E-state index contributed by atoms with van der Waals surface area (Å²) in [6.45, 7) is 5.24. The topological polar surface area (TPSA) is 89.1 Å². The van der Waals surface area contributed by atoms with Crippen molar-refractivity contribution in [3.05, 3.63) is 59.7 Å². The van der Waals surface area contributed by atoms with Crippen LogP contribution in [-0.2, 0) is 16.1 Å². The van der Waals surface area contributed by atoms with E-state index in [1.807, 2.05) is 48.5 Å². The molecule has 1 saturated heterocycles. The zero-order valence-corrected chi connectivity index (χ0v) is 18.9. The average molecular weight is 454 g/mol. The molecule has 0 saturated carbocycles. The summed E-state index contributed by atoms with van der Waals surface area (Å²) in [6, 6.07) is 14.5. The number of fused-ring (bicyclic) bond motifs is 1. The predicted molar refractivity (Wildman–Crippen MR) is 123 cm³/mol. The molecular weight excluding hydrogens is 422 g/mol. The van der Waals surface area contributed by atoms with E-state index in [9.17, 15) is 9.59 Å². The lowest BCUT2D eigenvalue weighted by Crippen LogP contribution is -2.50. The Balaban J connectivity index is 1.53. The fourth-order valence-electron chi connectivity index (χ4n) is 4.26. The van der Waals surface area contributed by atoms with Gasteiger partial charge >= 0.3 is 12.0 Å². The number of hydrogen-bond donors (Lipinski definition) is 2. The van der Waals surface area contributed by atoms with Crippen molar-refractivity contribution in [2.24, 2.45) is 0 Å². The van der Waals surface area contributed by atoms with Gasteiger partial charge in [0.2, 0.25) is 0 Å². The number of ether oxygens (including phenoxy) is 3. The summed E-state index contributed by atoms with van der Waals surface area (Å²) in [4.78, 5) is 27.2. The Labute approximate surface area is 194 Å². The maximum absolute atomic E-state index is 12.8. The molecule has 8 heteroatoms. The Morgan fingerprint density at radius 3 is 2.48 bits per heavy atom. The van der Waals surface area contributed by atoms with Gasteiger partial charge in [-0.1, -0.05) is 36.4 Å². The van der Waals surface area contributed by atoms with Crippen LogP contribution in [0.25, 0.3) is 0 Å². The first-order valence-corrected chi connectivity index (χ1v) is 11.5. The van der Waals surface area contributed by atoms with E-state index in [0.29, 0.717) is 37.8 Å². The quantitative estimate of drug-likeness (QED) is 0.598. The zero-order valence-electron chi connectivity index (χ0n) is 18.9. The summed E-state index contributed by atoms with van der Waals surface area (Å²) in [5, 5.41) is 5.97. The lowest BCUT2D eigenvalue weighted by molar-refractivity contribution is -0.148. The molecule has 0 bridgehead atoms. The number of likely N-dealkylation sites (tertiary alicyclic amines) is 1. The third-order valence-electron chi connectivity index (χ3n) is 5.82. The number of nitrogens with zero attached hydrogens (tertiary/aromatic N) is 1. The molecule has 33 heavy (non-hydrogen) atoms. The zero-order chi connectivity index (χ0) is 23.0. The summed E-state index contributed by atoms with van der Waals surface area (Å²) >= 11 is 0. The fourth-order valence-corrected chi connectivity index (χ4v) is 4.26. The van der Waals surface area contributed by atoms with E-state index in [1.54, 1.807) is 0 Å². The normalized spacial score (nSPS) is 17.1. The van der Waals surface area contributed by atoms with Crippen LogP contribution < -0.4 is 20.1 Å². The number of nitrogens with one attached hydrogen (secondary N) is 2. The number of hydrogen-bond acceptors (Lipinski definition) is 6. The molecule has 2 aliphatic heterocycles. The molecule has 0 radical (unpaired) electrons. The Hall–Kier alpha value is -3.26. The molecule has 2 N–H and O–H groups in total. The van der Waals surface area contributed by atoms with E-state index in [2.05, 4.69) is 15.5 Å². The minimum Gasteiger partial charge on any atom is -0.486 e. The highest BCUT2D eigenvalue weighted by Gasteiger charge is 2.31. The fraction of sp³-hybridized carbons (Fsp3) is 0.440. The Bertz CT molecular complexity index is 946. The number of urea groups is 1. The van der Waals surface area contributed by atoms with Crippen molar-refractivity contribution >= 4 is 12.0 Å². The van der Waals surface area contributed by atoms with Crippen LogP contribution in [0.5, 0.6) is 11.5 Å². The molecule has 0 unspecified atom stereocenters. The molecule has 1 fully saturated rings. The van der Waals surface area contributed by atoms with Gasteiger partial charge in [0.1, 0.15) is 19.3 Å². The van der Waals surface area contributed by atoms with Crippen LogP contribution in [0.15, 0.2) is 48.5 Å². The van der Waals surface area contributed by atoms with Crippen LogP contribution in [0.1, 0.15) is 37.0 Å². The Morgan fingerprint density at radius 1 is 1.03 bits per heavy atom. The second kappa shape index (κ2) is 11.0. The van der Waals surface area contributed by atoms with Crippen molar-refractivity contribution in [2.45, 2.75) is 38.5 Å². The molecule has 0 aromatic heterocycles. The lowest BCUT2D eigenvalue weighted by atomic mass is 10.0. The standard InChI is InChI=1S/C25H31N3O5/c1-18(29)33-24(20-9-10-22-23(15-20)32-14-13-31-22)21(17-28-11-5-6-12-28)27-25(30)26-16-19-7-3-2-4-8-19/h2-4,7-10,15,21,24H,5-6,11-14,16-17H2,1H3,(H2,26,27,30)/t21-,24-/m1/s1. The van der Waals surface area contributed by atoms with Crippen molar-refractivity contribution in [1.29, 1.82) is 0 Å². The van der Waals surface area contributed by atoms with Crippen molar-refractivity contribution in [2.75, 3.05) is 32.8 Å². The molecule has 176 valence electrons. The number of benzene rings is 2. The van der Waals surface area contributed by atoms with Crippen molar-refractivity contribution in [3.63, 3.8) is 0 Å². The van der Waals surface area contributed by atoms with Crippen LogP contribution in [0, 0.1) is 0 Å². The third kappa shape index (κ3) is 6.38. The number of amides is 2. The van der Waals surface area contributed by atoms with Crippen LogP contribution >= 0.6 is 0 Å². The van der Waals surface area contributed by atoms with E-state index in [-0.39, 0.29) is 6.03 Å². The first kappa shape index (κ1) is 22.9. The highest BCUT2D eigenvalue weighted by Crippen LogP contribution is 2.35. The molecule has 0 aliphatic carbocycles. The van der Waals surface area contributed by atoms with Gasteiger partial charge in [0.15, 0.2) is 11.5 Å². The minimum absolute atomic E-state index is 0.308. The summed E-state index contributed by atoms with van der Waals surface area (Å²) in [5.74, 6) is 0.869. The molecule has 2 aromatic carbocycles. The molecular formula is C25H31N3O5. The average Bonchev–Trinajstić information content (AvgIpc) is 3.34. The molecule has 2 aliphatic rings. The monoisotopic (exact) mass is 453 g/mol. The van der Waals surface area contributed by atoms with Gasteiger partial charge < -0.3 is 29.7 Å². The second-order valence-electron chi connectivity index (χ2n) is 8.36. The van der Waals surface area contributed by atoms with E-state index in [4.69, 9.17) is 14.2 Å². The molecule has 2 heterocycles. The summed E-state index contributed by atoms with van der Waals surface area (Å²) in [7, 11) is 0. The predicted octanol–water partition coefficient (Wildman–Crippen LogP) is 3.03. The van der Waals surface area contributed by atoms with E-state index >= 15 is 0 Å². The van der Waals surface area contributed by atoms with Crippen molar-refractivity contribution in [1.82, 2.24) is 15.5 Å². The number of carbonyl (C=O) groups is 2. The molecule has 8 nitrogen and oxygen atoms in total. The van der Waals surface area contributed by atoms with Gasteiger partial charge in [0.05, 0.1) is 6.04 Å². The number of rotatable bonds is 8. The minimum atomic E-state index is -0.665. The van der Waals surface area contributed by atoms with Gasteiger partial charge in [-0.2, -0.15) is 0 Å².